The van der Waals surface area contributed by atoms with E-state index >= 15 is 0 Å². The molecule has 134 valence electrons. The molecule has 0 bridgehead atoms. The summed E-state index contributed by atoms with van der Waals surface area (Å²) in [6.45, 7) is 4.11. The lowest BCUT2D eigenvalue weighted by molar-refractivity contribution is -0.119. The number of hydrazone groups is 1. The maximum absolute atomic E-state index is 12.4. The molecule has 7 heteroatoms. The Morgan fingerprint density at radius 3 is 2.96 bits per heavy atom. The first-order chi connectivity index (χ1) is 12.6. The fraction of sp³-hybridized carbons (Fsp3) is 0.211. The Labute approximate surface area is 156 Å². The third kappa shape index (κ3) is 3.88. The molecule has 0 saturated heterocycles. The minimum absolute atomic E-state index is 0.00828. The molecule has 2 aromatic carbocycles. The van der Waals surface area contributed by atoms with Gasteiger partial charge >= 0.3 is 0 Å². The number of phenolic OH excluding ortho intramolecular Hbond substituents is 1. The van der Waals surface area contributed by atoms with Crippen molar-refractivity contribution in [3.05, 3.63) is 48.0 Å². The predicted octanol–water partition coefficient (Wildman–Crippen LogP) is 3.51. The molecule has 0 radical (unpaired) electrons. The van der Waals surface area contributed by atoms with Gasteiger partial charge in [-0.25, -0.2) is 5.43 Å². The number of carbonyl (C=O) groups is 1. The van der Waals surface area contributed by atoms with Gasteiger partial charge in [0.15, 0.2) is 11.5 Å². The molecule has 1 aliphatic rings. The number of aliphatic imine (C=N–C) groups is 1. The molecule has 3 rings (SSSR count). The second-order valence-corrected chi connectivity index (χ2v) is 6.73. The van der Waals surface area contributed by atoms with Gasteiger partial charge in [0.2, 0.25) is 0 Å². The van der Waals surface area contributed by atoms with Crippen LogP contribution in [0.15, 0.2) is 57.5 Å². The van der Waals surface area contributed by atoms with Gasteiger partial charge in [-0.1, -0.05) is 18.2 Å². The summed E-state index contributed by atoms with van der Waals surface area (Å²) in [6.07, 6.45) is 1.39. The summed E-state index contributed by atoms with van der Waals surface area (Å²) in [4.78, 5) is 17.9. The first kappa shape index (κ1) is 18.0. The number of nitrogens with one attached hydrogen (secondary N) is 1. The number of benzene rings is 2. The first-order valence-electron chi connectivity index (χ1n) is 8.18. The van der Waals surface area contributed by atoms with E-state index in [9.17, 15) is 9.90 Å². The van der Waals surface area contributed by atoms with Crippen LogP contribution in [0.25, 0.3) is 0 Å². The molecule has 1 atom stereocenters. The molecule has 1 unspecified atom stereocenters. The number of aromatic hydroxyl groups is 1. The summed E-state index contributed by atoms with van der Waals surface area (Å²) < 4.78 is 5.33. The Morgan fingerprint density at radius 1 is 1.35 bits per heavy atom. The fourth-order valence-corrected chi connectivity index (χ4v) is 3.52. The molecule has 0 spiro atoms. The molecule has 26 heavy (non-hydrogen) atoms. The molecule has 1 amide bonds. The Morgan fingerprint density at radius 2 is 2.15 bits per heavy atom. The van der Waals surface area contributed by atoms with Gasteiger partial charge in [-0.3, -0.25) is 9.79 Å². The SMILES string of the molecule is CCOc1cccc(C=NNC(=O)C2Sc3ccccc3N=C2C)c1O. The summed E-state index contributed by atoms with van der Waals surface area (Å²) >= 11 is 1.45. The van der Waals surface area contributed by atoms with Crippen LogP contribution < -0.4 is 10.2 Å². The average Bonchev–Trinajstić information content (AvgIpc) is 2.64. The second-order valence-electron chi connectivity index (χ2n) is 5.58. The Bertz CT molecular complexity index is 880. The minimum atomic E-state index is -0.439. The van der Waals surface area contributed by atoms with Crippen LogP contribution in [0.3, 0.4) is 0 Å². The highest BCUT2D eigenvalue weighted by atomic mass is 32.2. The lowest BCUT2D eigenvalue weighted by Crippen LogP contribution is -2.35. The van der Waals surface area contributed by atoms with Gasteiger partial charge < -0.3 is 9.84 Å². The Hall–Kier alpha value is -2.80. The number of phenols is 1. The average molecular weight is 369 g/mol. The molecular weight excluding hydrogens is 350 g/mol. The zero-order valence-corrected chi connectivity index (χ0v) is 15.3. The van der Waals surface area contributed by atoms with Crippen LogP contribution in [0.1, 0.15) is 19.4 Å². The van der Waals surface area contributed by atoms with Crippen LogP contribution in [0.4, 0.5) is 5.69 Å². The molecule has 0 saturated carbocycles. The standard InChI is InChI=1S/C19H19N3O3S/c1-3-25-15-9-6-7-13(17(15)23)11-20-22-19(24)18-12(2)21-14-8-4-5-10-16(14)26-18/h4-11,18,23H,3H2,1-2H3,(H,22,24). The van der Waals surface area contributed by atoms with Crippen LogP contribution in [0.2, 0.25) is 0 Å². The van der Waals surface area contributed by atoms with Gasteiger partial charge in [-0.15, -0.1) is 11.8 Å². The number of rotatable bonds is 5. The zero-order valence-electron chi connectivity index (χ0n) is 14.5. The highest BCUT2D eigenvalue weighted by molar-refractivity contribution is 8.01. The third-order valence-corrected chi connectivity index (χ3v) is 5.12. The van der Waals surface area contributed by atoms with Crippen LogP contribution in [-0.2, 0) is 4.79 Å². The summed E-state index contributed by atoms with van der Waals surface area (Å²) in [5.41, 5.74) is 4.58. The molecule has 2 N–H and O–H groups in total. The van der Waals surface area contributed by atoms with E-state index in [2.05, 4.69) is 15.5 Å². The topological polar surface area (TPSA) is 83.3 Å². The van der Waals surface area contributed by atoms with E-state index in [4.69, 9.17) is 4.74 Å². The quantitative estimate of drug-likeness (QED) is 0.624. The molecule has 6 nitrogen and oxygen atoms in total. The first-order valence-corrected chi connectivity index (χ1v) is 9.06. The molecule has 1 heterocycles. The van der Waals surface area contributed by atoms with Gasteiger partial charge in [0.1, 0.15) is 5.25 Å². The number of hydrogen-bond acceptors (Lipinski definition) is 6. The molecule has 0 fully saturated rings. The number of para-hydroxylation sites is 2. The maximum Gasteiger partial charge on any atom is 0.259 e. The summed E-state index contributed by atoms with van der Waals surface area (Å²) in [5, 5.41) is 13.7. The van der Waals surface area contributed by atoms with Gasteiger partial charge in [0.25, 0.3) is 5.91 Å². The van der Waals surface area contributed by atoms with E-state index in [0.29, 0.717) is 17.9 Å². The van der Waals surface area contributed by atoms with E-state index in [1.54, 1.807) is 18.2 Å². The van der Waals surface area contributed by atoms with Crippen molar-refractivity contribution in [1.29, 1.82) is 0 Å². The van der Waals surface area contributed by atoms with Crippen molar-refractivity contribution in [1.82, 2.24) is 5.43 Å². The monoisotopic (exact) mass is 369 g/mol. The number of fused-ring (bicyclic) bond motifs is 1. The van der Waals surface area contributed by atoms with Crippen molar-refractivity contribution in [3.63, 3.8) is 0 Å². The van der Waals surface area contributed by atoms with E-state index in [-0.39, 0.29) is 11.7 Å². The summed E-state index contributed by atoms with van der Waals surface area (Å²) in [5.74, 6) is 0.110. The lowest BCUT2D eigenvalue weighted by Gasteiger charge is -2.20. The van der Waals surface area contributed by atoms with Crippen molar-refractivity contribution in [3.8, 4) is 11.5 Å². The number of carbonyl (C=O) groups excluding carboxylic acids is 1. The minimum Gasteiger partial charge on any atom is -0.504 e. The van der Waals surface area contributed by atoms with Crippen LogP contribution in [-0.4, -0.2) is 34.8 Å². The normalized spacial score (nSPS) is 16.1. The number of nitrogens with zero attached hydrogens (tertiary/aromatic N) is 2. The van der Waals surface area contributed by atoms with Crippen LogP contribution in [0, 0.1) is 0 Å². The van der Waals surface area contributed by atoms with Crippen molar-refractivity contribution >= 4 is 35.3 Å². The zero-order chi connectivity index (χ0) is 18.5. The molecule has 1 aliphatic heterocycles. The van der Waals surface area contributed by atoms with Crippen molar-refractivity contribution in [2.24, 2.45) is 10.1 Å². The largest absolute Gasteiger partial charge is 0.504 e. The number of amides is 1. The fourth-order valence-electron chi connectivity index (χ4n) is 2.49. The van der Waals surface area contributed by atoms with Crippen molar-refractivity contribution < 1.29 is 14.6 Å². The van der Waals surface area contributed by atoms with Gasteiger partial charge in [-0.05, 0) is 38.1 Å². The Kier molecular flexibility index (Phi) is 5.58. The predicted molar refractivity (Wildman–Crippen MR) is 104 cm³/mol. The smallest absolute Gasteiger partial charge is 0.259 e. The van der Waals surface area contributed by atoms with Gasteiger partial charge in [0.05, 0.1) is 18.5 Å². The summed E-state index contributed by atoms with van der Waals surface area (Å²) in [7, 11) is 0. The van der Waals surface area contributed by atoms with E-state index in [1.807, 2.05) is 38.1 Å². The van der Waals surface area contributed by atoms with Crippen LogP contribution >= 0.6 is 11.8 Å². The van der Waals surface area contributed by atoms with Gasteiger partial charge in [-0.2, -0.15) is 5.10 Å². The number of hydrogen-bond donors (Lipinski definition) is 2. The Balaban J connectivity index is 1.68. The molecule has 0 aliphatic carbocycles. The lowest BCUT2D eigenvalue weighted by atomic mass is 10.2. The molecule has 0 aromatic heterocycles. The summed E-state index contributed by atoms with van der Waals surface area (Å²) in [6, 6.07) is 12.8. The van der Waals surface area contributed by atoms with E-state index in [0.717, 1.165) is 16.3 Å². The molecule has 2 aromatic rings. The second kappa shape index (κ2) is 8.05. The number of thioether (sulfide) groups is 1. The van der Waals surface area contributed by atoms with E-state index in [1.165, 1.54) is 18.0 Å². The van der Waals surface area contributed by atoms with Crippen molar-refractivity contribution in [2.75, 3.05) is 6.61 Å². The van der Waals surface area contributed by atoms with Gasteiger partial charge in [0, 0.05) is 16.2 Å². The highest BCUT2D eigenvalue weighted by Crippen LogP contribution is 2.37. The third-order valence-electron chi connectivity index (χ3n) is 3.73. The van der Waals surface area contributed by atoms with Crippen molar-refractivity contribution in [2.45, 2.75) is 24.0 Å². The maximum atomic E-state index is 12.4. The molecular formula is C19H19N3O3S. The van der Waals surface area contributed by atoms with E-state index < -0.39 is 5.25 Å². The highest BCUT2D eigenvalue weighted by Gasteiger charge is 2.27. The van der Waals surface area contributed by atoms with Crippen LogP contribution in [0.5, 0.6) is 11.5 Å². The number of ether oxygens (including phenoxy) is 1.